The Labute approximate surface area is 85.7 Å². The third kappa shape index (κ3) is 2.40. The highest BCUT2D eigenvalue weighted by Crippen LogP contribution is 2.11. The first-order valence-electron chi connectivity index (χ1n) is 4.16. The number of esters is 1. The Bertz CT molecular complexity index is 321. The van der Waals surface area contributed by atoms with Crippen LogP contribution >= 0.6 is 11.3 Å². The Morgan fingerprint density at radius 3 is 2.86 bits per heavy atom. The van der Waals surface area contributed by atoms with Gasteiger partial charge in [0.25, 0.3) is 0 Å². The van der Waals surface area contributed by atoms with Crippen LogP contribution in [0.15, 0.2) is 17.5 Å². The highest BCUT2D eigenvalue weighted by molar-refractivity contribution is 7.12. The van der Waals surface area contributed by atoms with E-state index in [-0.39, 0.29) is 6.61 Å². The van der Waals surface area contributed by atoms with E-state index in [1.807, 2.05) is 0 Å². The predicted molar refractivity (Wildman–Crippen MR) is 53.3 cm³/mol. The van der Waals surface area contributed by atoms with Gasteiger partial charge in [0.2, 0.25) is 5.78 Å². The smallest absolute Gasteiger partial charge is 0.331 e. The van der Waals surface area contributed by atoms with E-state index >= 15 is 0 Å². The molecule has 1 aromatic heterocycles. The summed E-state index contributed by atoms with van der Waals surface area (Å²) in [6.45, 7) is 1.89. The summed E-state index contributed by atoms with van der Waals surface area (Å²) in [5.74, 6) is -1.07. The van der Waals surface area contributed by atoms with Crippen molar-refractivity contribution in [1.82, 2.24) is 0 Å². The van der Waals surface area contributed by atoms with Gasteiger partial charge in [0.15, 0.2) is 6.04 Å². The number of hydrogen-bond acceptors (Lipinski definition) is 5. The molecule has 0 aliphatic rings. The van der Waals surface area contributed by atoms with E-state index in [1.165, 1.54) is 11.3 Å². The molecule has 0 aliphatic carbocycles. The maximum atomic E-state index is 11.5. The summed E-state index contributed by atoms with van der Waals surface area (Å²) in [5, 5.41) is 1.76. The van der Waals surface area contributed by atoms with Gasteiger partial charge >= 0.3 is 5.97 Å². The van der Waals surface area contributed by atoms with Crippen LogP contribution in [-0.2, 0) is 9.53 Å². The molecular formula is C9H11NO3S. The number of ether oxygens (including phenoxy) is 1. The first-order chi connectivity index (χ1) is 6.66. The summed E-state index contributed by atoms with van der Waals surface area (Å²) in [6, 6.07) is 2.16. The normalized spacial score (nSPS) is 12.1. The van der Waals surface area contributed by atoms with Crippen LogP contribution in [0.5, 0.6) is 0 Å². The zero-order chi connectivity index (χ0) is 10.6. The second kappa shape index (κ2) is 4.88. The van der Waals surface area contributed by atoms with Crippen LogP contribution in [0.4, 0.5) is 0 Å². The summed E-state index contributed by atoms with van der Waals surface area (Å²) in [6.07, 6.45) is 0. The van der Waals surface area contributed by atoms with Crippen molar-refractivity contribution in [1.29, 1.82) is 0 Å². The van der Waals surface area contributed by atoms with E-state index in [1.54, 1.807) is 24.4 Å². The fourth-order valence-electron chi connectivity index (χ4n) is 0.911. The average Bonchev–Trinajstić information content (AvgIpc) is 2.68. The summed E-state index contributed by atoms with van der Waals surface area (Å²) in [5.41, 5.74) is 5.42. The predicted octanol–water partition coefficient (Wildman–Crippen LogP) is 0.821. The summed E-state index contributed by atoms with van der Waals surface area (Å²) >= 11 is 1.26. The lowest BCUT2D eigenvalue weighted by molar-refractivity contribution is -0.143. The fourth-order valence-corrected chi connectivity index (χ4v) is 1.62. The standard InChI is InChI=1S/C9H11NO3S/c1-2-13-9(12)7(10)8(11)6-4-3-5-14-6/h3-5,7H,2,10H2,1H3/t7-/m1/s1. The number of ketones is 1. The molecule has 0 bridgehead atoms. The Morgan fingerprint density at radius 1 is 1.64 bits per heavy atom. The number of nitrogens with two attached hydrogens (primary N) is 1. The molecule has 0 radical (unpaired) electrons. The summed E-state index contributed by atoms with van der Waals surface area (Å²) in [7, 11) is 0. The average molecular weight is 213 g/mol. The molecular weight excluding hydrogens is 202 g/mol. The third-order valence-corrected chi connectivity index (χ3v) is 2.47. The van der Waals surface area contributed by atoms with Gasteiger partial charge in [-0.3, -0.25) is 4.79 Å². The van der Waals surface area contributed by atoms with Crippen molar-refractivity contribution in [2.24, 2.45) is 5.73 Å². The third-order valence-electron chi connectivity index (χ3n) is 1.59. The Kier molecular flexibility index (Phi) is 3.79. The van der Waals surface area contributed by atoms with E-state index in [0.717, 1.165) is 0 Å². The highest BCUT2D eigenvalue weighted by atomic mass is 32.1. The van der Waals surface area contributed by atoms with Gasteiger partial charge in [-0.05, 0) is 18.4 Å². The molecule has 0 saturated heterocycles. The molecule has 0 aromatic carbocycles. The zero-order valence-corrected chi connectivity index (χ0v) is 8.54. The Hall–Kier alpha value is -1.20. The zero-order valence-electron chi connectivity index (χ0n) is 7.73. The van der Waals surface area contributed by atoms with Gasteiger partial charge in [-0.25, -0.2) is 4.79 Å². The number of hydrogen-bond donors (Lipinski definition) is 1. The molecule has 5 heteroatoms. The SMILES string of the molecule is CCOC(=O)[C@H](N)C(=O)c1cccs1. The molecule has 0 spiro atoms. The quantitative estimate of drug-likeness (QED) is 0.456. The monoisotopic (exact) mass is 213 g/mol. The lowest BCUT2D eigenvalue weighted by atomic mass is 10.2. The first kappa shape index (κ1) is 10.9. The van der Waals surface area contributed by atoms with Crippen molar-refractivity contribution in [2.75, 3.05) is 6.61 Å². The van der Waals surface area contributed by atoms with Gasteiger partial charge in [-0.2, -0.15) is 0 Å². The lowest BCUT2D eigenvalue weighted by Gasteiger charge is -2.07. The second-order valence-corrected chi connectivity index (χ2v) is 3.52. The van der Waals surface area contributed by atoms with Gasteiger partial charge in [-0.1, -0.05) is 6.07 Å². The first-order valence-corrected chi connectivity index (χ1v) is 5.04. The minimum absolute atomic E-state index is 0.226. The Morgan fingerprint density at radius 2 is 2.36 bits per heavy atom. The van der Waals surface area contributed by atoms with Crippen molar-refractivity contribution in [3.63, 3.8) is 0 Å². The van der Waals surface area contributed by atoms with Gasteiger partial charge < -0.3 is 10.5 Å². The van der Waals surface area contributed by atoms with Crippen LogP contribution < -0.4 is 5.73 Å². The second-order valence-electron chi connectivity index (χ2n) is 2.57. The van der Waals surface area contributed by atoms with E-state index in [9.17, 15) is 9.59 Å². The number of carbonyl (C=O) groups excluding carboxylic acids is 2. The van der Waals surface area contributed by atoms with Crippen molar-refractivity contribution in [3.05, 3.63) is 22.4 Å². The highest BCUT2D eigenvalue weighted by Gasteiger charge is 2.24. The van der Waals surface area contributed by atoms with Crippen molar-refractivity contribution in [2.45, 2.75) is 13.0 Å². The molecule has 1 heterocycles. The number of thiophene rings is 1. The molecule has 1 rings (SSSR count). The molecule has 0 unspecified atom stereocenters. The van der Waals surface area contributed by atoms with Crippen molar-refractivity contribution in [3.8, 4) is 0 Å². The molecule has 76 valence electrons. The fraction of sp³-hybridized carbons (Fsp3) is 0.333. The largest absolute Gasteiger partial charge is 0.464 e. The van der Waals surface area contributed by atoms with E-state index < -0.39 is 17.8 Å². The van der Waals surface area contributed by atoms with Crippen LogP contribution in [0.1, 0.15) is 16.6 Å². The van der Waals surface area contributed by atoms with Crippen LogP contribution in [0.3, 0.4) is 0 Å². The molecule has 0 fully saturated rings. The Balaban J connectivity index is 2.66. The minimum Gasteiger partial charge on any atom is -0.464 e. The van der Waals surface area contributed by atoms with E-state index in [2.05, 4.69) is 4.74 Å². The molecule has 0 aliphatic heterocycles. The number of carbonyl (C=O) groups is 2. The summed E-state index contributed by atoms with van der Waals surface area (Å²) in [4.78, 5) is 23.1. The molecule has 1 aromatic rings. The van der Waals surface area contributed by atoms with Gasteiger partial charge in [0.1, 0.15) is 0 Å². The van der Waals surface area contributed by atoms with Crippen molar-refractivity contribution < 1.29 is 14.3 Å². The minimum atomic E-state index is -1.20. The number of rotatable bonds is 4. The molecule has 14 heavy (non-hydrogen) atoms. The molecule has 0 amide bonds. The summed E-state index contributed by atoms with van der Waals surface area (Å²) < 4.78 is 4.64. The topological polar surface area (TPSA) is 69.4 Å². The van der Waals surface area contributed by atoms with E-state index in [0.29, 0.717) is 4.88 Å². The molecule has 1 atom stereocenters. The maximum Gasteiger partial charge on any atom is 0.331 e. The van der Waals surface area contributed by atoms with Crippen LogP contribution in [0, 0.1) is 0 Å². The molecule has 0 saturated carbocycles. The molecule has 2 N–H and O–H groups in total. The molecule has 4 nitrogen and oxygen atoms in total. The van der Waals surface area contributed by atoms with Gasteiger partial charge in [-0.15, -0.1) is 11.3 Å². The van der Waals surface area contributed by atoms with E-state index in [4.69, 9.17) is 5.73 Å². The van der Waals surface area contributed by atoms with Gasteiger partial charge in [0.05, 0.1) is 11.5 Å². The van der Waals surface area contributed by atoms with Gasteiger partial charge in [0, 0.05) is 0 Å². The van der Waals surface area contributed by atoms with Crippen LogP contribution in [0.25, 0.3) is 0 Å². The maximum absolute atomic E-state index is 11.5. The van der Waals surface area contributed by atoms with Crippen LogP contribution in [0.2, 0.25) is 0 Å². The van der Waals surface area contributed by atoms with Crippen molar-refractivity contribution >= 4 is 23.1 Å². The lowest BCUT2D eigenvalue weighted by Crippen LogP contribution is -2.39. The number of Topliss-reactive ketones (excluding diaryl/α,β-unsaturated/α-hetero) is 1. The van der Waals surface area contributed by atoms with Crippen LogP contribution in [-0.4, -0.2) is 24.4 Å².